The van der Waals surface area contributed by atoms with Crippen LogP contribution >= 0.6 is 11.6 Å². The second-order valence-corrected chi connectivity index (χ2v) is 5.26. The Morgan fingerprint density at radius 1 is 1.14 bits per heavy atom. The van der Waals surface area contributed by atoms with E-state index in [1.54, 1.807) is 35.2 Å². The fraction of sp³-hybridized carbons (Fsp3) is 0.0556. The lowest BCUT2D eigenvalue weighted by Gasteiger charge is -2.32. The first kappa shape index (κ1) is 13.7. The Bertz CT molecular complexity index is 718. The first-order chi connectivity index (χ1) is 10.2. The van der Waals surface area contributed by atoms with Crippen molar-refractivity contribution in [3.63, 3.8) is 0 Å². The molecule has 1 aliphatic rings. The van der Waals surface area contributed by atoms with Gasteiger partial charge in [0.2, 0.25) is 0 Å². The molecule has 2 nitrogen and oxygen atoms in total. The van der Waals surface area contributed by atoms with Gasteiger partial charge in [-0.25, -0.2) is 0 Å². The summed E-state index contributed by atoms with van der Waals surface area (Å²) in [4.78, 5) is 14.6. The van der Waals surface area contributed by atoms with Crippen LogP contribution < -0.4 is 4.90 Å². The molecule has 1 aliphatic heterocycles. The van der Waals surface area contributed by atoms with Gasteiger partial charge in [0.05, 0.1) is 11.7 Å². The second kappa shape index (κ2) is 5.58. The molecule has 0 aromatic heterocycles. The smallest absolute Gasteiger partial charge is 0.259 e. The van der Waals surface area contributed by atoms with Crippen molar-refractivity contribution in [1.29, 1.82) is 0 Å². The third kappa shape index (κ3) is 2.50. The van der Waals surface area contributed by atoms with E-state index in [-0.39, 0.29) is 11.9 Å². The highest BCUT2D eigenvalue weighted by molar-refractivity contribution is 6.30. The first-order valence-electron chi connectivity index (χ1n) is 6.69. The Labute approximate surface area is 129 Å². The number of nitrogens with zero attached hydrogens (tertiary/aromatic N) is 1. The number of carbonyl (C=O) groups is 1. The largest absolute Gasteiger partial charge is 0.297 e. The van der Waals surface area contributed by atoms with E-state index in [1.165, 1.54) is 0 Å². The van der Waals surface area contributed by atoms with Crippen LogP contribution in [0, 0.1) is 0 Å². The summed E-state index contributed by atoms with van der Waals surface area (Å²) in [6, 6.07) is 14.6. The average molecular weight is 296 g/mol. The van der Waals surface area contributed by atoms with E-state index in [0.29, 0.717) is 10.6 Å². The molecule has 1 atom stereocenters. The Morgan fingerprint density at radius 3 is 2.57 bits per heavy atom. The number of para-hydroxylation sites is 1. The molecule has 1 heterocycles. The molecule has 0 fully saturated rings. The third-order valence-electron chi connectivity index (χ3n) is 3.52. The van der Waals surface area contributed by atoms with Gasteiger partial charge in [0.25, 0.3) is 5.91 Å². The van der Waals surface area contributed by atoms with Crippen molar-refractivity contribution in [2.24, 2.45) is 0 Å². The van der Waals surface area contributed by atoms with Crippen molar-refractivity contribution in [2.75, 3.05) is 4.90 Å². The van der Waals surface area contributed by atoms with E-state index in [0.717, 1.165) is 11.3 Å². The molecule has 1 amide bonds. The molecule has 21 heavy (non-hydrogen) atoms. The van der Waals surface area contributed by atoms with Gasteiger partial charge in [-0.15, -0.1) is 6.58 Å². The minimum Gasteiger partial charge on any atom is -0.297 e. The minimum atomic E-state index is -0.150. The topological polar surface area (TPSA) is 20.3 Å². The Hall–Kier alpha value is -2.32. The molecular weight excluding hydrogens is 282 g/mol. The molecular formula is C18H14ClNO. The van der Waals surface area contributed by atoms with Crippen LogP contribution in [0.5, 0.6) is 0 Å². The number of hydrogen-bond acceptors (Lipinski definition) is 1. The number of halogens is 1. The van der Waals surface area contributed by atoms with Crippen LogP contribution in [0.15, 0.2) is 67.3 Å². The molecule has 0 saturated carbocycles. The van der Waals surface area contributed by atoms with Crippen molar-refractivity contribution in [2.45, 2.75) is 6.04 Å². The predicted molar refractivity (Wildman–Crippen MR) is 87.7 cm³/mol. The average Bonchev–Trinajstić information content (AvgIpc) is 2.53. The van der Waals surface area contributed by atoms with Crippen LogP contribution in [-0.2, 0) is 0 Å². The number of amides is 1. The molecule has 0 bridgehead atoms. The van der Waals surface area contributed by atoms with Crippen LogP contribution in [0.3, 0.4) is 0 Å². The lowest BCUT2D eigenvalue weighted by Crippen LogP contribution is -2.40. The van der Waals surface area contributed by atoms with E-state index in [4.69, 9.17) is 11.6 Å². The number of anilines is 1. The van der Waals surface area contributed by atoms with Gasteiger partial charge < -0.3 is 0 Å². The zero-order valence-electron chi connectivity index (χ0n) is 11.4. The summed E-state index contributed by atoms with van der Waals surface area (Å²) in [5.74, 6) is -0.0617. The van der Waals surface area contributed by atoms with Gasteiger partial charge in [0, 0.05) is 10.6 Å². The Morgan fingerprint density at radius 2 is 1.86 bits per heavy atom. The normalized spacial score (nSPS) is 16.4. The van der Waals surface area contributed by atoms with Crippen molar-refractivity contribution in [3.05, 3.63) is 83.4 Å². The molecule has 3 heteroatoms. The Kier molecular flexibility index (Phi) is 3.63. The van der Waals surface area contributed by atoms with Crippen molar-refractivity contribution in [1.82, 2.24) is 0 Å². The molecule has 1 unspecified atom stereocenters. The van der Waals surface area contributed by atoms with Crippen LogP contribution in [0.1, 0.15) is 15.9 Å². The van der Waals surface area contributed by atoms with Crippen molar-refractivity contribution in [3.8, 4) is 0 Å². The quantitative estimate of drug-likeness (QED) is 0.743. The summed E-state index contributed by atoms with van der Waals surface area (Å²) in [5, 5.41) is 0.616. The molecule has 2 aromatic rings. The van der Waals surface area contributed by atoms with Gasteiger partial charge in [-0.1, -0.05) is 48.0 Å². The summed E-state index contributed by atoms with van der Waals surface area (Å²) >= 11 is 5.89. The second-order valence-electron chi connectivity index (χ2n) is 4.83. The number of rotatable bonds is 2. The first-order valence-corrected chi connectivity index (χ1v) is 7.07. The van der Waals surface area contributed by atoms with Crippen LogP contribution in [0.25, 0.3) is 6.08 Å². The zero-order valence-corrected chi connectivity index (χ0v) is 12.1. The number of carbonyl (C=O) groups excluding carboxylic acids is 1. The van der Waals surface area contributed by atoms with Crippen LogP contribution in [0.4, 0.5) is 5.69 Å². The molecule has 0 aliphatic carbocycles. The summed E-state index contributed by atoms with van der Waals surface area (Å²) in [6.07, 6.45) is 5.76. The standard InChI is InChI=1S/C18H14ClNO/c1-2-16-12-9-13-5-3-4-6-17(13)20(16)18(21)14-7-10-15(19)11-8-14/h2-12,16H,1H2. The van der Waals surface area contributed by atoms with E-state index in [9.17, 15) is 4.79 Å². The fourth-order valence-electron chi connectivity index (χ4n) is 2.46. The predicted octanol–water partition coefficient (Wildman–Crippen LogP) is 4.57. The number of benzene rings is 2. The van der Waals surface area contributed by atoms with Gasteiger partial charge in [0.15, 0.2) is 0 Å². The summed E-state index contributed by atoms with van der Waals surface area (Å²) < 4.78 is 0. The summed E-state index contributed by atoms with van der Waals surface area (Å²) in [7, 11) is 0. The minimum absolute atomic E-state index is 0.0617. The highest BCUT2D eigenvalue weighted by Gasteiger charge is 2.26. The molecule has 2 aromatic carbocycles. The number of fused-ring (bicyclic) bond motifs is 1. The number of hydrogen-bond donors (Lipinski definition) is 0. The maximum absolute atomic E-state index is 12.8. The molecule has 3 rings (SSSR count). The van der Waals surface area contributed by atoms with Crippen LogP contribution in [-0.4, -0.2) is 11.9 Å². The highest BCUT2D eigenvalue weighted by atomic mass is 35.5. The lowest BCUT2D eigenvalue weighted by atomic mass is 10.0. The van der Waals surface area contributed by atoms with Crippen LogP contribution in [0.2, 0.25) is 5.02 Å². The maximum atomic E-state index is 12.8. The summed E-state index contributed by atoms with van der Waals surface area (Å²) in [5.41, 5.74) is 2.53. The Balaban J connectivity index is 2.05. The van der Waals surface area contributed by atoms with E-state index < -0.39 is 0 Å². The maximum Gasteiger partial charge on any atom is 0.259 e. The zero-order chi connectivity index (χ0) is 14.8. The third-order valence-corrected chi connectivity index (χ3v) is 3.77. The SMILES string of the molecule is C=CC1C=Cc2ccccc2N1C(=O)c1ccc(Cl)cc1. The van der Waals surface area contributed by atoms with Crippen molar-refractivity contribution >= 4 is 29.3 Å². The fourth-order valence-corrected chi connectivity index (χ4v) is 2.58. The van der Waals surface area contributed by atoms with Gasteiger partial charge >= 0.3 is 0 Å². The van der Waals surface area contributed by atoms with E-state index in [2.05, 4.69) is 6.58 Å². The molecule has 0 N–H and O–H groups in total. The molecule has 0 spiro atoms. The van der Waals surface area contributed by atoms with E-state index >= 15 is 0 Å². The van der Waals surface area contributed by atoms with Gasteiger partial charge in [-0.05, 0) is 35.9 Å². The summed E-state index contributed by atoms with van der Waals surface area (Å²) in [6.45, 7) is 3.83. The van der Waals surface area contributed by atoms with E-state index in [1.807, 2.05) is 36.4 Å². The van der Waals surface area contributed by atoms with Gasteiger partial charge in [-0.2, -0.15) is 0 Å². The molecule has 0 radical (unpaired) electrons. The van der Waals surface area contributed by atoms with Gasteiger partial charge in [-0.3, -0.25) is 9.69 Å². The molecule has 0 saturated heterocycles. The monoisotopic (exact) mass is 295 g/mol. The molecule has 104 valence electrons. The van der Waals surface area contributed by atoms with Crippen molar-refractivity contribution < 1.29 is 4.79 Å². The van der Waals surface area contributed by atoms with Gasteiger partial charge in [0.1, 0.15) is 0 Å². The highest BCUT2D eigenvalue weighted by Crippen LogP contribution is 2.30. The lowest BCUT2D eigenvalue weighted by molar-refractivity contribution is 0.0984.